The molecule has 0 unspecified atom stereocenters. The van der Waals surface area contributed by atoms with E-state index >= 15 is 0 Å². The molecule has 11 nitrogen and oxygen atoms in total. The summed E-state index contributed by atoms with van der Waals surface area (Å²) in [5, 5.41) is 3.73. The second-order valence-corrected chi connectivity index (χ2v) is 6.66. The summed E-state index contributed by atoms with van der Waals surface area (Å²) in [6.07, 6.45) is 0. The molecule has 0 saturated heterocycles. The number of nitrogens with two attached hydrogens (primary N) is 1. The largest absolute Gasteiger partial charge is 0.453 e. The average Bonchev–Trinajstić information content (AvgIpc) is 2.76. The van der Waals surface area contributed by atoms with Crippen molar-refractivity contribution in [1.29, 1.82) is 0 Å². The second kappa shape index (κ2) is 8.61. The van der Waals surface area contributed by atoms with Gasteiger partial charge in [-0.25, -0.2) is 14.3 Å². The van der Waals surface area contributed by atoms with E-state index in [-0.39, 0.29) is 18.1 Å². The lowest BCUT2D eigenvalue weighted by Gasteiger charge is -2.14. The van der Waals surface area contributed by atoms with Crippen LogP contribution in [0.4, 0.5) is 5.82 Å². The molecule has 2 heterocycles. The maximum atomic E-state index is 12.6. The molecule has 2 aromatic heterocycles. The molecule has 0 bridgehead atoms. The number of aromatic nitrogens is 4. The van der Waals surface area contributed by atoms with Gasteiger partial charge in [0.15, 0.2) is 12.3 Å². The summed E-state index contributed by atoms with van der Waals surface area (Å²) in [6.45, 7) is -0.756. The number of benzene rings is 1. The van der Waals surface area contributed by atoms with E-state index in [0.717, 1.165) is 31.5 Å². The van der Waals surface area contributed by atoms with Crippen LogP contribution in [0.25, 0.3) is 0 Å². The van der Waals surface area contributed by atoms with Crippen LogP contribution >= 0.6 is 0 Å². The summed E-state index contributed by atoms with van der Waals surface area (Å²) in [5.74, 6) is -2.16. The Kier molecular flexibility index (Phi) is 5.95. The molecule has 0 radical (unpaired) electrons. The highest BCUT2D eigenvalue weighted by molar-refractivity contribution is 6.02. The van der Waals surface area contributed by atoms with E-state index in [1.165, 1.54) is 14.1 Å². The van der Waals surface area contributed by atoms with Gasteiger partial charge in [-0.15, -0.1) is 0 Å². The van der Waals surface area contributed by atoms with Crippen molar-refractivity contribution in [2.75, 3.05) is 12.3 Å². The summed E-state index contributed by atoms with van der Waals surface area (Å²) in [7, 11) is 2.58. The van der Waals surface area contributed by atoms with Crippen LogP contribution in [0.2, 0.25) is 0 Å². The SMILES string of the molecule is Cn1nc(C(=O)OCC(=O)c2c(N)n(Cc3ccccc3)c(=O)n(C)c2=O)ccc1=O. The lowest BCUT2D eigenvalue weighted by atomic mass is 10.2. The van der Waals surface area contributed by atoms with E-state index in [2.05, 4.69) is 5.10 Å². The zero-order chi connectivity index (χ0) is 22.7. The van der Waals surface area contributed by atoms with Gasteiger partial charge >= 0.3 is 11.7 Å². The number of esters is 1. The maximum Gasteiger partial charge on any atom is 0.359 e. The van der Waals surface area contributed by atoms with Gasteiger partial charge in [0.05, 0.1) is 6.54 Å². The lowest BCUT2D eigenvalue weighted by molar-refractivity contribution is 0.0466. The fraction of sp³-hybridized carbons (Fsp3) is 0.200. The van der Waals surface area contributed by atoms with Crippen molar-refractivity contribution in [3.8, 4) is 0 Å². The molecule has 0 fully saturated rings. The van der Waals surface area contributed by atoms with E-state index in [4.69, 9.17) is 10.5 Å². The minimum absolute atomic E-state index is 0.0433. The van der Waals surface area contributed by atoms with Gasteiger partial charge in [-0.3, -0.25) is 23.5 Å². The van der Waals surface area contributed by atoms with Crippen LogP contribution in [0.5, 0.6) is 0 Å². The van der Waals surface area contributed by atoms with Crippen LogP contribution in [0.15, 0.2) is 56.8 Å². The second-order valence-electron chi connectivity index (χ2n) is 6.66. The Labute approximate surface area is 174 Å². The zero-order valence-corrected chi connectivity index (χ0v) is 16.8. The van der Waals surface area contributed by atoms with Gasteiger partial charge in [-0.2, -0.15) is 5.10 Å². The molecule has 31 heavy (non-hydrogen) atoms. The highest BCUT2D eigenvalue weighted by Crippen LogP contribution is 2.10. The third kappa shape index (κ3) is 4.34. The first kappa shape index (κ1) is 21.4. The van der Waals surface area contributed by atoms with Crippen LogP contribution < -0.4 is 22.5 Å². The van der Waals surface area contributed by atoms with E-state index in [1.807, 2.05) is 0 Å². The number of carbonyl (C=O) groups is 2. The van der Waals surface area contributed by atoms with Gasteiger partial charge in [0.25, 0.3) is 11.1 Å². The van der Waals surface area contributed by atoms with Gasteiger partial charge in [0.1, 0.15) is 11.4 Å². The molecule has 11 heteroatoms. The van der Waals surface area contributed by atoms with Crippen molar-refractivity contribution in [2.45, 2.75) is 6.54 Å². The van der Waals surface area contributed by atoms with Crippen molar-refractivity contribution < 1.29 is 14.3 Å². The van der Waals surface area contributed by atoms with Crippen molar-refractivity contribution in [1.82, 2.24) is 18.9 Å². The first-order valence-corrected chi connectivity index (χ1v) is 9.08. The number of carbonyl (C=O) groups excluding carboxylic acids is 2. The Morgan fingerprint density at radius 1 is 1.03 bits per heavy atom. The molecule has 3 rings (SSSR count). The lowest BCUT2D eigenvalue weighted by Crippen LogP contribution is -2.43. The van der Waals surface area contributed by atoms with Gasteiger partial charge in [-0.05, 0) is 11.6 Å². The number of ether oxygens (including phenoxy) is 1. The molecule has 0 aliphatic rings. The van der Waals surface area contributed by atoms with Crippen LogP contribution in [-0.4, -0.2) is 37.3 Å². The molecule has 0 aliphatic heterocycles. The molecule has 1 aromatic carbocycles. The summed E-state index contributed by atoms with van der Waals surface area (Å²) in [6, 6.07) is 11.2. The summed E-state index contributed by atoms with van der Waals surface area (Å²) >= 11 is 0. The molecular formula is C20H19N5O6. The van der Waals surface area contributed by atoms with E-state index in [9.17, 15) is 24.0 Å². The van der Waals surface area contributed by atoms with Crippen LogP contribution in [0.3, 0.4) is 0 Å². The van der Waals surface area contributed by atoms with E-state index in [0.29, 0.717) is 0 Å². The molecule has 0 aliphatic carbocycles. The number of aryl methyl sites for hydroxylation is 1. The minimum Gasteiger partial charge on any atom is -0.453 e. The van der Waals surface area contributed by atoms with E-state index < -0.39 is 40.7 Å². The highest BCUT2D eigenvalue weighted by Gasteiger charge is 2.23. The first-order valence-electron chi connectivity index (χ1n) is 9.08. The molecule has 0 atom stereocenters. The number of nitrogen functional groups attached to an aromatic ring is 1. The molecule has 160 valence electrons. The Morgan fingerprint density at radius 3 is 2.35 bits per heavy atom. The normalized spacial score (nSPS) is 10.6. The number of nitrogens with zero attached hydrogens (tertiary/aromatic N) is 4. The van der Waals surface area contributed by atoms with Gasteiger partial charge in [0, 0.05) is 20.2 Å². The molecule has 2 N–H and O–H groups in total. The molecule has 0 saturated carbocycles. The van der Waals surface area contributed by atoms with Crippen LogP contribution in [0, 0.1) is 0 Å². The number of hydrogen-bond acceptors (Lipinski definition) is 8. The smallest absolute Gasteiger partial charge is 0.359 e. The van der Waals surface area contributed by atoms with E-state index in [1.54, 1.807) is 30.3 Å². The first-order chi connectivity index (χ1) is 14.7. The third-order valence-corrected chi connectivity index (χ3v) is 4.55. The van der Waals surface area contributed by atoms with Crippen molar-refractivity contribution in [2.24, 2.45) is 14.1 Å². The minimum atomic E-state index is -0.961. The maximum absolute atomic E-state index is 12.6. The van der Waals surface area contributed by atoms with Crippen molar-refractivity contribution in [3.05, 3.63) is 90.5 Å². The van der Waals surface area contributed by atoms with Gasteiger partial charge in [-0.1, -0.05) is 30.3 Å². The number of ketones is 1. The quantitative estimate of drug-likeness (QED) is 0.403. The number of rotatable bonds is 6. The Bertz CT molecular complexity index is 1340. The van der Waals surface area contributed by atoms with Gasteiger partial charge < -0.3 is 10.5 Å². The Hall–Kier alpha value is -4.28. The molecule has 0 spiro atoms. The fourth-order valence-electron chi connectivity index (χ4n) is 2.85. The van der Waals surface area contributed by atoms with Crippen LogP contribution in [-0.2, 0) is 25.4 Å². The predicted molar refractivity (Wildman–Crippen MR) is 110 cm³/mol. The summed E-state index contributed by atoms with van der Waals surface area (Å²) < 4.78 is 7.72. The molecule has 3 aromatic rings. The molecular weight excluding hydrogens is 406 g/mol. The standard InChI is InChI=1S/C20H19N5O6/c1-23-18(28)16(17(21)25(20(23)30)10-12-6-4-3-5-7-12)14(26)11-31-19(29)13-8-9-15(27)24(2)22-13/h3-9H,10-11,21H2,1-2H3. The van der Waals surface area contributed by atoms with Crippen molar-refractivity contribution >= 4 is 17.6 Å². The Morgan fingerprint density at radius 2 is 1.71 bits per heavy atom. The third-order valence-electron chi connectivity index (χ3n) is 4.55. The predicted octanol–water partition coefficient (Wildman–Crippen LogP) is -0.689. The van der Waals surface area contributed by atoms with Gasteiger partial charge in [0.2, 0.25) is 5.78 Å². The number of anilines is 1. The summed E-state index contributed by atoms with van der Waals surface area (Å²) in [4.78, 5) is 61.2. The monoisotopic (exact) mass is 425 g/mol. The number of hydrogen-bond donors (Lipinski definition) is 1. The average molecular weight is 425 g/mol. The zero-order valence-electron chi connectivity index (χ0n) is 16.8. The molecule has 0 amide bonds. The number of Topliss-reactive ketones (excluding diaryl/α,β-unsaturated/α-hetero) is 1. The van der Waals surface area contributed by atoms with Crippen molar-refractivity contribution in [3.63, 3.8) is 0 Å². The summed E-state index contributed by atoms with van der Waals surface area (Å²) in [5.41, 5.74) is 4.07. The topological polar surface area (TPSA) is 148 Å². The Balaban J connectivity index is 1.89. The van der Waals surface area contributed by atoms with Crippen LogP contribution in [0.1, 0.15) is 26.4 Å². The highest BCUT2D eigenvalue weighted by atomic mass is 16.5. The fourth-order valence-corrected chi connectivity index (χ4v) is 2.85.